The second-order valence-electron chi connectivity index (χ2n) is 8.56. The first-order valence-electron chi connectivity index (χ1n) is 9.37. The molecule has 2 fully saturated rings. The molecule has 0 unspecified atom stereocenters. The number of para-hydroxylation sites is 1. The first-order chi connectivity index (χ1) is 11.6. The van der Waals surface area contributed by atoms with Crippen LogP contribution in [0.15, 0.2) is 18.2 Å². The van der Waals surface area contributed by atoms with Gasteiger partial charge in [-0.3, -0.25) is 4.79 Å². The smallest absolute Gasteiger partial charge is 0.399 e. The second-order valence-corrected chi connectivity index (χ2v) is 8.56. The van der Waals surface area contributed by atoms with Crippen LogP contribution in [0.25, 0.3) is 0 Å². The molecule has 136 valence electrons. The Kier molecular flexibility index (Phi) is 4.76. The van der Waals surface area contributed by atoms with Crippen molar-refractivity contribution in [2.45, 2.75) is 65.6 Å². The second kappa shape index (κ2) is 6.44. The molecule has 0 amide bonds. The molecule has 0 atom stereocenters. The Morgan fingerprint density at radius 2 is 1.68 bits per heavy atom. The summed E-state index contributed by atoms with van der Waals surface area (Å²) >= 11 is 0. The zero-order chi connectivity index (χ0) is 18.4. The number of Topliss-reactive ketones (excluding diaryl/α,β-unsaturated/α-hetero) is 1. The summed E-state index contributed by atoms with van der Waals surface area (Å²) in [6.45, 7) is 14.1. The molecule has 0 spiro atoms. The Bertz CT molecular complexity index is 647. The summed E-state index contributed by atoms with van der Waals surface area (Å²) in [5.74, 6) is 0.827. The molecule has 5 heteroatoms. The molecule has 0 aromatic heterocycles. The van der Waals surface area contributed by atoms with Gasteiger partial charge >= 0.3 is 7.12 Å². The fourth-order valence-electron chi connectivity index (χ4n) is 3.59. The average molecular weight is 343 g/mol. The summed E-state index contributed by atoms with van der Waals surface area (Å²) in [6, 6.07) is 5.90. The van der Waals surface area contributed by atoms with Gasteiger partial charge in [0.2, 0.25) is 0 Å². The van der Waals surface area contributed by atoms with Gasteiger partial charge in [-0.25, -0.2) is 0 Å². The van der Waals surface area contributed by atoms with Gasteiger partial charge in [0.1, 0.15) is 0 Å². The lowest BCUT2D eigenvalue weighted by Crippen LogP contribution is -2.43. The van der Waals surface area contributed by atoms with Crippen LogP contribution in [0.1, 0.15) is 64.7 Å². The van der Waals surface area contributed by atoms with Crippen molar-refractivity contribution >= 4 is 24.1 Å². The van der Waals surface area contributed by atoms with Gasteiger partial charge in [0.05, 0.1) is 11.2 Å². The minimum atomic E-state index is -0.446. The number of carbonyl (C=O) groups is 1. The Hall–Kier alpha value is -1.33. The monoisotopic (exact) mass is 343 g/mol. The highest BCUT2D eigenvalue weighted by Gasteiger charge is 2.52. The third-order valence-corrected chi connectivity index (χ3v) is 6.05. The van der Waals surface area contributed by atoms with E-state index in [2.05, 4.69) is 39.5 Å². The minimum absolute atomic E-state index is 0.0898. The normalized spacial score (nSPS) is 23.1. The maximum absolute atomic E-state index is 12.3. The van der Waals surface area contributed by atoms with Gasteiger partial charge < -0.3 is 14.2 Å². The minimum Gasteiger partial charge on any atom is -0.399 e. The van der Waals surface area contributed by atoms with E-state index in [4.69, 9.17) is 9.31 Å². The van der Waals surface area contributed by atoms with Crippen LogP contribution in [0.5, 0.6) is 0 Å². The highest BCUT2D eigenvalue weighted by Crippen LogP contribution is 2.38. The Balaban J connectivity index is 2.02. The largest absolute Gasteiger partial charge is 0.496 e. The molecular weight excluding hydrogens is 313 g/mol. The molecule has 0 radical (unpaired) electrons. The predicted molar refractivity (Wildman–Crippen MR) is 103 cm³/mol. The van der Waals surface area contributed by atoms with Crippen molar-refractivity contribution in [1.82, 2.24) is 0 Å². The van der Waals surface area contributed by atoms with Crippen molar-refractivity contribution in [2.75, 3.05) is 18.0 Å². The molecule has 2 aliphatic heterocycles. The number of ketones is 1. The van der Waals surface area contributed by atoms with Gasteiger partial charge in [-0.1, -0.05) is 19.1 Å². The molecule has 0 aliphatic carbocycles. The van der Waals surface area contributed by atoms with Crippen molar-refractivity contribution in [3.8, 4) is 0 Å². The summed E-state index contributed by atoms with van der Waals surface area (Å²) in [4.78, 5) is 14.6. The van der Waals surface area contributed by atoms with E-state index in [0.29, 0.717) is 0 Å². The summed E-state index contributed by atoms with van der Waals surface area (Å²) in [6.07, 6.45) is 2.30. The first kappa shape index (κ1) is 18.5. The lowest BCUT2D eigenvalue weighted by molar-refractivity contribution is 0.00578. The van der Waals surface area contributed by atoms with Crippen LogP contribution in [0.4, 0.5) is 5.69 Å². The number of benzene rings is 1. The maximum atomic E-state index is 12.3. The van der Waals surface area contributed by atoms with Crippen LogP contribution in [-0.2, 0) is 9.31 Å². The van der Waals surface area contributed by atoms with E-state index in [0.717, 1.165) is 48.6 Å². The number of anilines is 1. The standard InChI is InChI=1S/C20H30BNO3/c1-14-10-12-22(13-11-14)18-16(15(2)23)8-7-9-17(18)21-24-19(3,4)20(5,6)25-21/h7-9,14H,10-13H2,1-6H3. The average Bonchev–Trinajstić information content (AvgIpc) is 2.75. The highest BCUT2D eigenvalue weighted by molar-refractivity contribution is 6.64. The van der Waals surface area contributed by atoms with E-state index in [1.807, 2.05) is 18.2 Å². The van der Waals surface area contributed by atoms with Gasteiger partial charge in [0.25, 0.3) is 0 Å². The number of hydrogen-bond donors (Lipinski definition) is 0. The first-order valence-corrected chi connectivity index (χ1v) is 9.37. The molecule has 2 saturated heterocycles. The third-order valence-electron chi connectivity index (χ3n) is 6.05. The molecule has 2 heterocycles. The van der Waals surface area contributed by atoms with Crippen molar-refractivity contribution < 1.29 is 14.1 Å². The highest BCUT2D eigenvalue weighted by atomic mass is 16.7. The Morgan fingerprint density at radius 3 is 2.20 bits per heavy atom. The molecule has 0 N–H and O–H groups in total. The van der Waals surface area contributed by atoms with Gasteiger partial charge in [-0.2, -0.15) is 0 Å². The summed E-state index contributed by atoms with van der Waals surface area (Å²) in [5, 5.41) is 0. The van der Waals surface area contributed by atoms with Crippen LogP contribution < -0.4 is 10.4 Å². The van der Waals surface area contributed by atoms with Crippen molar-refractivity contribution in [2.24, 2.45) is 5.92 Å². The lowest BCUT2D eigenvalue weighted by atomic mass is 9.75. The SMILES string of the molecule is CC(=O)c1cccc(B2OC(C)(C)C(C)(C)O2)c1N1CCC(C)CC1. The Labute approximate surface area is 152 Å². The van der Waals surface area contributed by atoms with E-state index in [-0.39, 0.29) is 5.78 Å². The van der Waals surface area contributed by atoms with Crippen LogP contribution in [0.3, 0.4) is 0 Å². The summed E-state index contributed by atoms with van der Waals surface area (Å²) in [7, 11) is -0.446. The van der Waals surface area contributed by atoms with Gasteiger partial charge in [0, 0.05) is 29.8 Å². The van der Waals surface area contributed by atoms with Gasteiger partial charge in [0.15, 0.2) is 5.78 Å². The zero-order valence-corrected chi connectivity index (χ0v) is 16.4. The predicted octanol–water partition coefficient (Wildman–Crippen LogP) is 3.42. The number of piperidine rings is 1. The topological polar surface area (TPSA) is 38.8 Å². The number of carbonyl (C=O) groups excluding carboxylic acids is 1. The van der Waals surface area contributed by atoms with Gasteiger partial charge in [-0.15, -0.1) is 0 Å². The summed E-state index contributed by atoms with van der Waals surface area (Å²) < 4.78 is 12.6. The van der Waals surface area contributed by atoms with E-state index < -0.39 is 18.3 Å². The van der Waals surface area contributed by atoms with E-state index in [9.17, 15) is 4.79 Å². The summed E-state index contributed by atoms with van der Waals surface area (Å²) in [5.41, 5.74) is 1.96. The van der Waals surface area contributed by atoms with Crippen LogP contribution in [-0.4, -0.2) is 37.2 Å². The fourth-order valence-corrected chi connectivity index (χ4v) is 3.59. The molecular formula is C20H30BNO3. The fraction of sp³-hybridized carbons (Fsp3) is 0.650. The maximum Gasteiger partial charge on any atom is 0.496 e. The van der Waals surface area contributed by atoms with Crippen LogP contribution in [0, 0.1) is 5.92 Å². The molecule has 2 aliphatic rings. The lowest BCUT2D eigenvalue weighted by Gasteiger charge is -2.35. The zero-order valence-electron chi connectivity index (χ0n) is 16.4. The van der Waals surface area contributed by atoms with E-state index in [1.54, 1.807) is 6.92 Å². The molecule has 3 rings (SSSR count). The van der Waals surface area contributed by atoms with Crippen LogP contribution in [0.2, 0.25) is 0 Å². The molecule has 1 aromatic rings. The van der Waals surface area contributed by atoms with E-state index in [1.165, 1.54) is 0 Å². The molecule has 0 bridgehead atoms. The van der Waals surface area contributed by atoms with E-state index >= 15 is 0 Å². The number of hydrogen-bond acceptors (Lipinski definition) is 4. The van der Waals surface area contributed by atoms with Crippen molar-refractivity contribution in [1.29, 1.82) is 0 Å². The number of nitrogens with zero attached hydrogens (tertiary/aromatic N) is 1. The van der Waals surface area contributed by atoms with Crippen molar-refractivity contribution in [3.63, 3.8) is 0 Å². The van der Waals surface area contributed by atoms with Crippen molar-refractivity contribution in [3.05, 3.63) is 23.8 Å². The Morgan fingerprint density at radius 1 is 1.12 bits per heavy atom. The molecule has 25 heavy (non-hydrogen) atoms. The quantitative estimate of drug-likeness (QED) is 0.623. The molecule has 0 saturated carbocycles. The third kappa shape index (κ3) is 3.36. The molecule has 1 aromatic carbocycles. The number of rotatable bonds is 3. The van der Waals surface area contributed by atoms with Gasteiger partial charge in [-0.05, 0) is 59.4 Å². The molecule has 4 nitrogen and oxygen atoms in total. The van der Waals surface area contributed by atoms with Crippen LogP contribution >= 0.6 is 0 Å².